The van der Waals surface area contributed by atoms with Crippen molar-refractivity contribution in [1.82, 2.24) is 4.90 Å². The zero-order chi connectivity index (χ0) is 16.6. The third-order valence-electron chi connectivity index (χ3n) is 4.59. The number of aliphatic hydroxyl groups is 1. The lowest BCUT2D eigenvalue weighted by molar-refractivity contribution is -0.0715. The number of ether oxygens (including phenoxy) is 2. The fraction of sp³-hybridized carbons (Fsp3) is 1.00. The lowest BCUT2D eigenvalue weighted by atomic mass is 10.1. The molecule has 0 radical (unpaired) electrons. The summed E-state index contributed by atoms with van der Waals surface area (Å²) in [4.78, 5) is 2.25. The van der Waals surface area contributed by atoms with E-state index in [1.54, 1.807) is 0 Å². The molecular weight excluding hydrogens is 326 g/mol. The molecule has 0 spiro atoms. The van der Waals surface area contributed by atoms with Crippen molar-refractivity contribution in [2.24, 2.45) is 0 Å². The lowest BCUT2D eigenvalue weighted by Gasteiger charge is -2.32. The van der Waals surface area contributed by atoms with Gasteiger partial charge in [0.05, 0.1) is 25.9 Å². The average Bonchev–Trinajstić information content (AvgIpc) is 2.56. The van der Waals surface area contributed by atoms with E-state index in [1.807, 2.05) is 0 Å². The number of hydrogen-bond acceptors (Lipinski definition) is 4. The maximum Gasteiger partial charge on any atom is 0.0935 e. The summed E-state index contributed by atoms with van der Waals surface area (Å²) < 4.78 is 11.5. The molecular formula is C19H40ClNO3. The summed E-state index contributed by atoms with van der Waals surface area (Å²) in [6.45, 7) is 7.37. The summed E-state index contributed by atoms with van der Waals surface area (Å²) >= 11 is 0. The van der Waals surface area contributed by atoms with Gasteiger partial charge < -0.3 is 14.6 Å². The lowest BCUT2D eigenvalue weighted by Crippen LogP contribution is -2.45. The van der Waals surface area contributed by atoms with E-state index in [-0.39, 0.29) is 25.1 Å². The number of morpholine rings is 1. The molecule has 0 bridgehead atoms. The third-order valence-corrected chi connectivity index (χ3v) is 4.59. The molecule has 4 nitrogen and oxygen atoms in total. The molecule has 1 aliphatic heterocycles. The minimum Gasteiger partial charge on any atom is -0.395 e. The zero-order valence-electron chi connectivity index (χ0n) is 15.7. The first-order valence-corrected chi connectivity index (χ1v) is 9.89. The van der Waals surface area contributed by atoms with E-state index in [9.17, 15) is 0 Å². The minimum atomic E-state index is 0. The van der Waals surface area contributed by atoms with Crippen LogP contribution in [0.25, 0.3) is 0 Å². The van der Waals surface area contributed by atoms with Crippen LogP contribution in [0.2, 0.25) is 0 Å². The molecule has 0 saturated carbocycles. The number of halogens is 1. The van der Waals surface area contributed by atoms with E-state index in [0.29, 0.717) is 6.61 Å². The van der Waals surface area contributed by atoms with Crippen LogP contribution < -0.4 is 0 Å². The molecule has 1 aliphatic rings. The first-order chi connectivity index (χ1) is 11.4. The molecule has 1 rings (SSSR count). The zero-order valence-corrected chi connectivity index (χ0v) is 16.5. The molecule has 5 heteroatoms. The number of rotatable bonds is 15. The van der Waals surface area contributed by atoms with Gasteiger partial charge in [-0.05, 0) is 6.42 Å². The number of aliphatic hydroxyl groups excluding tert-OH is 1. The summed E-state index contributed by atoms with van der Waals surface area (Å²) in [5, 5.41) is 8.98. The molecule has 0 aromatic rings. The summed E-state index contributed by atoms with van der Waals surface area (Å²) in [6, 6.07) is 0. The van der Waals surface area contributed by atoms with Gasteiger partial charge in [0.1, 0.15) is 0 Å². The quantitative estimate of drug-likeness (QED) is 0.445. The highest BCUT2D eigenvalue weighted by Gasteiger charge is 2.19. The van der Waals surface area contributed by atoms with Crippen molar-refractivity contribution in [1.29, 1.82) is 0 Å². The molecule has 1 unspecified atom stereocenters. The van der Waals surface area contributed by atoms with E-state index >= 15 is 0 Å². The largest absolute Gasteiger partial charge is 0.395 e. The molecule has 1 heterocycles. The van der Waals surface area contributed by atoms with Crippen molar-refractivity contribution in [2.45, 2.75) is 77.2 Å². The number of nitrogens with zero attached hydrogens (tertiary/aromatic N) is 1. The van der Waals surface area contributed by atoms with Gasteiger partial charge in [-0.15, -0.1) is 12.4 Å². The van der Waals surface area contributed by atoms with Crippen molar-refractivity contribution in [3.05, 3.63) is 0 Å². The van der Waals surface area contributed by atoms with Crippen LogP contribution >= 0.6 is 12.4 Å². The van der Waals surface area contributed by atoms with Gasteiger partial charge in [0.15, 0.2) is 0 Å². The maximum absolute atomic E-state index is 8.98. The molecule has 0 aromatic carbocycles. The van der Waals surface area contributed by atoms with Crippen molar-refractivity contribution in [3.8, 4) is 0 Å². The average molecular weight is 366 g/mol. The highest BCUT2D eigenvalue weighted by molar-refractivity contribution is 5.85. The van der Waals surface area contributed by atoms with Crippen LogP contribution in [0.3, 0.4) is 0 Å². The van der Waals surface area contributed by atoms with E-state index in [0.717, 1.165) is 32.8 Å². The Kier molecular flexibility index (Phi) is 18.0. The molecule has 1 atom stereocenters. The summed E-state index contributed by atoms with van der Waals surface area (Å²) in [6.07, 6.45) is 13.8. The second-order valence-electron chi connectivity index (χ2n) is 6.77. The van der Waals surface area contributed by atoms with E-state index < -0.39 is 0 Å². The Bertz CT molecular complexity index is 255. The predicted molar refractivity (Wildman–Crippen MR) is 103 cm³/mol. The number of hydrogen-bond donors (Lipinski definition) is 1. The normalized spacial score (nSPS) is 18.5. The number of unbranched alkanes of at least 4 members (excludes halogenated alkanes) is 9. The number of β-amino-alcohol motifs (C(OH)–C–C–N with tert-alkyl or cyclic N) is 1. The van der Waals surface area contributed by atoms with Gasteiger partial charge in [0.2, 0.25) is 0 Å². The van der Waals surface area contributed by atoms with Crippen molar-refractivity contribution in [3.63, 3.8) is 0 Å². The van der Waals surface area contributed by atoms with Crippen LogP contribution in [0.5, 0.6) is 0 Å². The second-order valence-corrected chi connectivity index (χ2v) is 6.77. The Morgan fingerprint density at radius 1 is 1.00 bits per heavy atom. The van der Waals surface area contributed by atoms with E-state index in [1.165, 1.54) is 64.2 Å². The molecule has 1 N–H and O–H groups in total. The first kappa shape index (κ1) is 24.1. The molecule has 0 aromatic heterocycles. The van der Waals surface area contributed by atoms with Crippen LogP contribution in [0.1, 0.15) is 71.1 Å². The standard InChI is InChI=1S/C19H39NO3.ClH/c1-2-3-4-5-6-7-8-9-10-11-15-22-18-19-17-20(12-14-21)13-16-23-19;/h19,21H,2-18H2,1H3;1H. The van der Waals surface area contributed by atoms with Gasteiger partial charge in [0.25, 0.3) is 0 Å². The smallest absolute Gasteiger partial charge is 0.0935 e. The fourth-order valence-corrected chi connectivity index (χ4v) is 3.13. The van der Waals surface area contributed by atoms with Gasteiger partial charge in [-0.2, -0.15) is 0 Å². The van der Waals surface area contributed by atoms with Crippen LogP contribution in [0.4, 0.5) is 0 Å². The predicted octanol–water partition coefficient (Wildman–Crippen LogP) is 4.04. The molecule has 24 heavy (non-hydrogen) atoms. The Morgan fingerprint density at radius 3 is 2.25 bits per heavy atom. The third kappa shape index (κ3) is 13.4. The van der Waals surface area contributed by atoms with Crippen LogP contribution in [0.15, 0.2) is 0 Å². The van der Waals surface area contributed by atoms with E-state index in [4.69, 9.17) is 14.6 Å². The highest BCUT2D eigenvalue weighted by Crippen LogP contribution is 2.11. The maximum atomic E-state index is 8.98. The first-order valence-electron chi connectivity index (χ1n) is 9.89. The Hall–Kier alpha value is 0.130. The molecule has 1 fully saturated rings. The molecule has 1 saturated heterocycles. The molecule has 0 aliphatic carbocycles. The second kappa shape index (κ2) is 17.9. The minimum absolute atomic E-state index is 0. The van der Waals surface area contributed by atoms with Crippen LogP contribution in [0, 0.1) is 0 Å². The van der Waals surface area contributed by atoms with Gasteiger partial charge in [-0.3, -0.25) is 4.90 Å². The summed E-state index contributed by atoms with van der Waals surface area (Å²) in [7, 11) is 0. The molecule has 146 valence electrons. The van der Waals surface area contributed by atoms with Crippen LogP contribution in [-0.4, -0.2) is 62.2 Å². The van der Waals surface area contributed by atoms with Gasteiger partial charge in [-0.1, -0.05) is 64.7 Å². The summed E-state index contributed by atoms with van der Waals surface area (Å²) in [5.74, 6) is 0. The van der Waals surface area contributed by atoms with Gasteiger partial charge in [0, 0.05) is 26.2 Å². The Morgan fingerprint density at radius 2 is 1.62 bits per heavy atom. The highest BCUT2D eigenvalue weighted by atomic mass is 35.5. The SMILES string of the molecule is CCCCCCCCCCCCOCC1CN(CCO)CCO1.Cl. The van der Waals surface area contributed by atoms with E-state index in [2.05, 4.69) is 11.8 Å². The van der Waals surface area contributed by atoms with Crippen LogP contribution in [-0.2, 0) is 9.47 Å². The Labute approximate surface area is 155 Å². The van der Waals surface area contributed by atoms with Gasteiger partial charge >= 0.3 is 0 Å². The molecule has 0 amide bonds. The Balaban J connectivity index is 0.00000529. The monoisotopic (exact) mass is 365 g/mol. The van der Waals surface area contributed by atoms with Gasteiger partial charge in [-0.25, -0.2) is 0 Å². The van der Waals surface area contributed by atoms with Crippen molar-refractivity contribution in [2.75, 3.05) is 46.1 Å². The van der Waals surface area contributed by atoms with Crippen molar-refractivity contribution < 1.29 is 14.6 Å². The van der Waals surface area contributed by atoms with Crippen molar-refractivity contribution >= 4 is 12.4 Å². The fourth-order valence-electron chi connectivity index (χ4n) is 3.13. The summed E-state index contributed by atoms with van der Waals surface area (Å²) in [5.41, 5.74) is 0. The topological polar surface area (TPSA) is 41.9 Å².